The molecule has 4 aromatic rings. The highest BCUT2D eigenvalue weighted by atomic mass is 15.2. The lowest BCUT2D eigenvalue weighted by molar-refractivity contribution is 1.18. The second-order valence-electron chi connectivity index (χ2n) is 5.58. The van der Waals surface area contributed by atoms with E-state index in [9.17, 15) is 0 Å². The van der Waals surface area contributed by atoms with Crippen molar-refractivity contribution in [3.05, 3.63) is 78.4 Å². The van der Waals surface area contributed by atoms with E-state index in [4.69, 9.17) is 0 Å². The van der Waals surface area contributed by atoms with Crippen LogP contribution in [0.25, 0.3) is 27.5 Å². The van der Waals surface area contributed by atoms with Crippen molar-refractivity contribution in [1.29, 1.82) is 0 Å². The topological polar surface area (TPSA) is 29.6 Å². The number of hydrogen-bond acceptors (Lipinski definition) is 2. The molecule has 3 heteroatoms. The van der Waals surface area contributed by atoms with Gasteiger partial charge >= 0.3 is 0 Å². The van der Waals surface area contributed by atoms with Crippen LogP contribution in [-0.4, -0.2) is 17.0 Å². The predicted octanol–water partition coefficient (Wildman–Crippen LogP) is 5.21. The van der Waals surface area contributed by atoms with Crippen molar-refractivity contribution in [2.24, 2.45) is 10.2 Å². The number of para-hydroxylation sites is 2. The SMILES string of the molecule is CC=NN=Cc1ccc(-n2c3ccccc3c3ccccc32)cc1. The summed E-state index contributed by atoms with van der Waals surface area (Å²) in [6.07, 6.45) is 3.43. The summed E-state index contributed by atoms with van der Waals surface area (Å²) in [5, 5.41) is 10.4. The van der Waals surface area contributed by atoms with Crippen molar-refractivity contribution >= 4 is 34.2 Å². The number of nitrogens with zero attached hydrogens (tertiary/aromatic N) is 3. The smallest absolute Gasteiger partial charge is 0.0567 e. The Hall–Kier alpha value is -3.20. The Balaban J connectivity index is 1.89. The average Bonchev–Trinajstić information content (AvgIpc) is 2.97. The van der Waals surface area contributed by atoms with E-state index < -0.39 is 0 Å². The molecule has 0 aliphatic carbocycles. The van der Waals surface area contributed by atoms with Gasteiger partial charge in [-0.2, -0.15) is 10.2 Å². The molecule has 1 aromatic heterocycles. The summed E-state index contributed by atoms with van der Waals surface area (Å²) in [6, 6.07) is 25.4. The van der Waals surface area contributed by atoms with E-state index in [1.165, 1.54) is 21.8 Å². The number of rotatable bonds is 3. The fourth-order valence-electron chi connectivity index (χ4n) is 3.08. The summed E-state index contributed by atoms with van der Waals surface area (Å²) in [7, 11) is 0. The lowest BCUT2D eigenvalue weighted by Gasteiger charge is -2.07. The van der Waals surface area contributed by atoms with Crippen molar-refractivity contribution in [3.8, 4) is 5.69 Å². The van der Waals surface area contributed by atoms with Gasteiger partial charge in [-0.05, 0) is 36.8 Å². The molecule has 116 valence electrons. The molecule has 0 atom stereocenters. The molecule has 0 radical (unpaired) electrons. The van der Waals surface area contributed by atoms with Crippen LogP contribution in [0.2, 0.25) is 0 Å². The van der Waals surface area contributed by atoms with Crippen molar-refractivity contribution < 1.29 is 0 Å². The molecule has 0 N–H and O–H groups in total. The maximum Gasteiger partial charge on any atom is 0.0567 e. The Bertz CT molecular complexity index is 1000. The largest absolute Gasteiger partial charge is 0.309 e. The molecular weight excluding hydrogens is 294 g/mol. The van der Waals surface area contributed by atoms with Crippen molar-refractivity contribution in [1.82, 2.24) is 4.57 Å². The molecule has 0 bridgehead atoms. The predicted molar refractivity (Wildman–Crippen MR) is 103 cm³/mol. The molecule has 0 saturated carbocycles. The number of benzene rings is 3. The summed E-state index contributed by atoms with van der Waals surface area (Å²) >= 11 is 0. The summed E-state index contributed by atoms with van der Waals surface area (Å²) in [6.45, 7) is 1.85. The van der Waals surface area contributed by atoms with Gasteiger partial charge in [-0.25, -0.2) is 0 Å². The van der Waals surface area contributed by atoms with Gasteiger partial charge in [0.2, 0.25) is 0 Å². The Labute approximate surface area is 140 Å². The molecule has 4 rings (SSSR count). The molecule has 0 saturated heterocycles. The van der Waals surface area contributed by atoms with Crippen molar-refractivity contribution in [2.75, 3.05) is 0 Å². The van der Waals surface area contributed by atoms with Gasteiger partial charge in [-0.15, -0.1) is 0 Å². The van der Waals surface area contributed by atoms with Gasteiger partial charge in [0.05, 0.1) is 17.2 Å². The maximum absolute atomic E-state index is 3.99. The van der Waals surface area contributed by atoms with E-state index in [0.29, 0.717) is 0 Å². The van der Waals surface area contributed by atoms with Gasteiger partial charge in [0, 0.05) is 22.7 Å². The molecule has 0 aliphatic heterocycles. The monoisotopic (exact) mass is 311 g/mol. The Morgan fingerprint density at radius 1 is 0.708 bits per heavy atom. The minimum absolute atomic E-state index is 1.03. The Kier molecular flexibility index (Phi) is 3.67. The molecule has 3 nitrogen and oxygen atoms in total. The van der Waals surface area contributed by atoms with Gasteiger partial charge in [0.25, 0.3) is 0 Å². The minimum atomic E-state index is 1.03. The van der Waals surface area contributed by atoms with Gasteiger partial charge in [-0.1, -0.05) is 48.5 Å². The van der Waals surface area contributed by atoms with Gasteiger partial charge in [0.1, 0.15) is 0 Å². The first-order valence-corrected chi connectivity index (χ1v) is 7.98. The zero-order valence-corrected chi connectivity index (χ0v) is 13.4. The Morgan fingerprint density at radius 2 is 1.29 bits per heavy atom. The fourth-order valence-corrected chi connectivity index (χ4v) is 3.08. The van der Waals surface area contributed by atoms with Crippen LogP contribution in [0.3, 0.4) is 0 Å². The first kappa shape index (κ1) is 14.4. The van der Waals surface area contributed by atoms with Crippen LogP contribution in [0.1, 0.15) is 12.5 Å². The van der Waals surface area contributed by atoms with Crippen molar-refractivity contribution in [2.45, 2.75) is 6.92 Å². The van der Waals surface area contributed by atoms with E-state index in [2.05, 4.69) is 87.6 Å². The third-order valence-corrected chi connectivity index (χ3v) is 4.12. The molecule has 3 aromatic carbocycles. The van der Waals surface area contributed by atoms with Crippen LogP contribution in [-0.2, 0) is 0 Å². The van der Waals surface area contributed by atoms with Gasteiger partial charge in [-0.3, -0.25) is 0 Å². The lowest BCUT2D eigenvalue weighted by atomic mass is 10.2. The van der Waals surface area contributed by atoms with Crippen LogP contribution in [0.4, 0.5) is 0 Å². The van der Waals surface area contributed by atoms with E-state index in [-0.39, 0.29) is 0 Å². The molecular formula is C21H17N3. The van der Waals surface area contributed by atoms with Crippen LogP contribution < -0.4 is 0 Å². The minimum Gasteiger partial charge on any atom is -0.309 e. The quantitative estimate of drug-likeness (QED) is 0.367. The highest BCUT2D eigenvalue weighted by Gasteiger charge is 2.10. The average molecular weight is 311 g/mol. The van der Waals surface area contributed by atoms with Crippen LogP contribution >= 0.6 is 0 Å². The van der Waals surface area contributed by atoms with Gasteiger partial charge < -0.3 is 4.57 Å². The lowest BCUT2D eigenvalue weighted by Crippen LogP contribution is -1.94. The fraction of sp³-hybridized carbons (Fsp3) is 0.0476. The second kappa shape index (κ2) is 6.13. The van der Waals surface area contributed by atoms with E-state index in [1.54, 1.807) is 12.4 Å². The third kappa shape index (κ3) is 2.40. The van der Waals surface area contributed by atoms with E-state index >= 15 is 0 Å². The van der Waals surface area contributed by atoms with Crippen LogP contribution in [0.15, 0.2) is 83.0 Å². The van der Waals surface area contributed by atoms with Crippen LogP contribution in [0, 0.1) is 0 Å². The highest BCUT2D eigenvalue weighted by molar-refractivity contribution is 6.09. The van der Waals surface area contributed by atoms with Crippen molar-refractivity contribution in [3.63, 3.8) is 0 Å². The second-order valence-corrected chi connectivity index (χ2v) is 5.58. The first-order valence-electron chi connectivity index (χ1n) is 7.98. The number of aromatic nitrogens is 1. The number of fused-ring (bicyclic) bond motifs is 3. The first-order chi connectivity index (χ1) is 11.9. The van der Waals surface area contributed by atoms with Gasteiger partial charge in [0.15, 0.2) is 0 Å². The Morgan fingerprint density at radius 3 is 1.88 bits per heavy atom. The zero-order chi connectivity index (χ0) is 16.4. The molecule has 0 unspecified atom stereocenters. The van der Waals surface area contributed by atoms with E-state index in [1.807, 2.05) is 6.92 Å². The standard InChI is InChI=1S/C21H17N3/c1-2-22-23-15-16-11-13-17(14-12-16)24-20-9-5-3-7-18(20)19-8-4-6-10-21(19)24/h2-15H,1H3. The summed E-state index contributed by atoms with van der Waals surface area (Å²) in [4.78, 5) is 0. The molecule has 0 fully saturated rings. The molecule has 24 heavy (non-hydrogen) atoms. The zero-order valence-electron chi connectivity index (χ0n) is 13.4. The van der Waals surface area contributed by atoms with E-state index in [0.717, 1.165) is 11.3 Å². The molecule has 1 heterocycles. The molecule has 0 aliphatic rings. The third-order valence-electron chi connectivity index (χ3n) is 4.12. The normalized spacial score (nSPS) is 12.0. The highest BCUT2D eigenvalue weighted by Crippen LogP contribution is 2.31. The maximum atomic E-state index is 3.99. The molecule has 0 amide bonds. The molecule has 0 spiro atoms. The van der Waals surface area contributed by atoms with Crippen LogP contribution in [0.5, 0.6) is 0 Å². The number of hydrogen-bond donors (Lipinski definition) is 0. The summed E-state index contributed by atoms with van der Waals surface area (Å²) in [5.74, 6) is 0. The summed E-state index contributed by atoms with van der Waals surface area (Å²) < 4.78 is 2.30. The summed E-state index contributed by atoms with van der Waals surface area (Å²) in [5.41, 5.74) is 4.61.